The minimum Gasteiger partial charge on any atom is -0.335 e. The fourth-order valence-corrected chi connectivity index (χ4v) is 2.22. The Morgan fingerprint density at radius 1 is 1.25 bits per heavy atom. The van der Waals surface area contributed by atoms with Crippen molar-refractivity contribution in [2.24, 2.45) is 0 Å². The standard InChI is InChI=1S/C16H15N3O/c1-2-11-6-3-4-8-13(11)19-16(20)14-10-12-7-5-9-17-15(12)18-14/h3-10H,2H2,1H3,(H,17,18)(H,19,20). The van der Waals surface area contributed by atoms with Crippen LogP contribution < -0.4 is 5.32 Å². The lowest BCUT2D eigenvalue weighted by Gasteiger charge is -2.08. The molecule has 0 bridgehead atoms. The zero-order valence-corrected chi connectivity index (χ0v) is 11.2. The predicted octanol–water partition coefficient (Wildman–Crippen LogP) is 3.38. The minimum atomic E-state index is -0.149. The summed E-state index contributed by atoms with van der Waals surface area (Å²) < 4.78 is 0. The molecule has 0 fully saturated rings. The molecule has 0 aliphatic heterocycles. The van der Waals surface area contributed by atoms with Crippen LogP contribution in [0.5, 0.6) is 0 Å². The first-order valence-electron chi connectivity index (χ1n) is 6.61. The van der Waals surface area contributed by atoms with Crippen molar-refractivity contribution in [1.29, 1.82) is 0 Å². The van der Waals surface area contributed by atoms with Crippen LogP contribution in [0.25, 0.3) is 11.0 Å². The summed E-state index contributed by atoms with van der Waals surface area (Å²) in [6, 6.07) is 13.4. The third-order valence-electron chi connectivity index (χ3n) is 3.28. The molecule has 0 unspecified atom stereocenters. The van der Waals surface area contributed by atoms with Crippen molar-refractivity contribution in [2.45, 2.75) is 13.3 Å². The predicted molar refractivity (Wildman–Crippen MR) is 79.9 cm³/mol. The number of benzene rings is 1. The molecule has 0 saturated carbocycles. The molecule has 1 amide bonds. The van der Waals surface area contributed by atoms with Gasteiger partial charge >= 0.3 is 0 Å². The maximum atomic E-state index is 12.3. The summed E-state index contributed by atoms with van der Waals surface area (Å²) in [6.07, 6.45) is 2.58. The van der Waals surface area contributed by atoms with E-state index in [1.807, 2.05) is 42.5 Å². The number of amides is 1. The van der Waals surface area contributed by atoms with Gasteiger partial charge in [-0.2, -0.15) is 0 Å². The Balaban J connectivity index is 1.89. The Morgan fingerprint density at radius 3 is 2.90 bits per heavy atom. The number of carbonyl (C=O) groups is 1. The number of fused-ring (bicyclic) bond motifs is 1. The fourth-order valence-electron chi connectivity index (χ4n) is 2.22. The van der Waals surface area contributed by atoms with E-state index in [9.17, 15) is 4.79 Å². The molecule has 2 aromatic heterocycles. The largest absolute Gasteiger partial charge is 0.335 e. The Kier molecular flexibility index (Phi) is 3.21. The van der Waals surface area contributed by atoms with Crippen molar-refractivity contribution < 1.29 is 4.79 Å². The van der Waals surface area contributed by atoms with E-state index in [2.05, 4.69) is 22.2 Å². The summed E-state index contributed by atoms with van der Waals surface area (Å²) in [7, 11) is 0. The molecule has 3 rings (SSSR count). The minimum absolute atomic E-state index is 0.149. The molecule has 0 atom stereocenters. The van der Waals surface area contributed by atoms with Gasteiger partial charge in [0.25, 0.3) is 5.91 Å². The molecule has 20 heavy (non-hydrogen) atoms. The Morgan fingerprint density at radius 2 is 2.10 bits per heavy atom. The highest BCUT2D eigenvalue weighted by Crippen LogP contribution is 2.18. The van der Waals surface area contributed by atoms with E-state index in [0.717, 1.165) is 28.7 Å². The summed E-state index contributed by atoms with van der Waals surface area (Å²) in [6.45, 7) is 2.07. The maximum absolute atomic E-state index is 12.3. The van der Waals surface area contributed by atoms with E-state index in [1.165, 1.54) is 0 Å². The smallest absolute Gasteiger partial charge is 0.272 e. The van der Waals surface area contributed by atoms with Gasteiger partial charge in [0.1, 0.15) is 11.3 Å². The van der Waals surface area contributed by atoms with Gasteiger partial charge in [0.05, 0.1) is 0 Å². The molecule has 2 N–H and O–H groups in total. The molecule has 3 aromatic rings. The monoisotopic (exact) mass is 265 g/mol. The number of hydrogen-bond donors (Lipinski definition) is 2. The number of aromatic amines is 1. The average Bonchev–Trinajstić information content (AvgIpc) is 2.92. The number of hydrogen-bond acceptors (Lipinski definition) is 2. The Bertz CT molecular complexity index is 728. The van der Waals surface area contributed by atoms with Crippen molar-refractivity contribution in [1.82, 2.24) is 9.97 Å². The summed E-state index contributed by atoms with van der Waals surface area (Å²) in [5.41, 5.74) is 3.22. The van der Waals surface area contributed by atoms with E-state index < -0.39 is 0 Å². The van der Waals surface area contributed by atoms with E-state index >= 15 is 0 Å². The molecule has 0 spiro atoms. The lowest BCUT2D eigenvalue weighted by Crippen LogP contribution is -2.13. The van der Waals surface area contributed by atoms with Crippen molar-refractivity contribution in [2.75, 3.05) is 5.32 Å². The van der Waals surface area contributed by atoms with Crippen molar-refractivity contribution >= 4 is 22.6 Å². The Labute approximate surface area is 116 Å². The van der Waals surface area contributed by atoms with Crippen LogP contribution in [0.15, 0.2) is 48.7 Å². The maximum Gasteiger partial charge on any atom is 0.272 e. The normalized spacial score (nSPS) is 10.7. The van der Waals surface area contributed by atoms with Crippen molar-refractivity contribution in [3.8, 4) is 0 Å². The molecule has 0 radical (unpaired) electrons. The van der Waals surface area contributed by atoms with Gasteiger partial charge in [-0.05, 0) is 36.2 Å². The zero-order valence-electron chi connectivity index (χ0n) is 11.2. The number of carbonyl (C=O) groups excluding carboxylic acids is 1. The molecule has 0 aliphatic carbocycles. The molecular formula is C16H15N3O. The summed E-state index contributed by atoms with van der Waals surface area (Å²) in [4.78, 5) is 19.5. The first kappa shape index (κ1) is 12.4. The number of aromatic nitrogens is 2. The number of para-hydroxylation sites is 1. The second kappa shape index (κ2) is 5.17. The number of rotatable bonds is 3. The van der Waals surface area contributed by atoms with Gasteiger partial charge in [-0.15, -0.1) is 0 Å². The van der Waals surface area contributed by atoms with E-state index in [-0.39, 0.29) is 5.91 Å². The van der Waals surface area contributed by atoms with Gasteiger partial charge in [0.15, 0.2) is 0 Å². The molecule has 0 aliphatic rings. The summed E-state index contributed by atoms with van der Waals surface area (Å²) in [5, 5.41) is 3.87. The van der Waals surface area contributed by atoms with E-state index in [0.29, 0.717) is 5.69 Å². The van der Waals surface area contributed by atoms with Crippen LogP contribution in [0.2, 0.25) is 0 Å². The highest BCUT2D eigenvalue weighted by atomic mass is 16.1. The number of aryl methyl sites for hydroxylation is 1. The first-order valence-corrected chi connectivity index (χ1v) is 6.61. The zero-order chi connectivity index (χ0) is 13.9. The van der Waals surface area contributed by atoms with Gasteiger partial charge in [0, 0.05) is 17.3 Å². The topological polar surface area (TPSA) is 57.8 Å². The quantitative estimate of drug-likeness (QED) is 0.762. The summed E-state index contributed by atoms with van der Waals surface area (Å²) >= 11 is 0. The molecule has 1 aromatic carbocycles. The fraction of sp³-hybridized carbons (Fsp3) is 0.125. The highest BCUT2D eigenvalue weighted by Gasteiger charge is 2.11. The molecule has 2 heterocycles. The van der Waals surface area contributed by atoms with Gasteiger partial charge in [0.2, 0.25) is 0 Å². The number of H-pyrrole nitrogens is 1. The number of anilines is 1. The Hall–Kier alpha value is -2.62. The van der Waals surface area contributed by atoms with E-state index in [1.54, 1.807) is 6.20 Å². The highest BCUT2D eigenvalue weighted by molar-refractivity contribution is 6.05. The molecular weight excluding hydrogens is 250 g/mol. The van der Waals surface area contributed by atoms with Gasteiger partial charge in [-0.25, -0.2) is 4.98 Å². The van der Waals surface area contributed by atoms with Crippen LogP contribution in [0, 0.1) is 0 Å². The van der Waals surface area contributed by atoms with Crippen LogP contribution in [0.4, 0.5) is 5.69 Å². The number of pyridine rings is 1. The van der Waals surface area contributed by atoms with Crippen LogP contribution in [0.1, 0.15) is 23.0 Å². The van der Waals surface area contributed by atoms with Gasteiger partial charge < -0.3 is 10.3 Å². The van der Waals surface area contributed by atoms with Gasteiger partial charge in [-0.1, -0.05) is 25.1 Å². The SMILES string of the molecule is CCc1ccccc1NC(=O)c1cc2cccnc2[nH]1. The van der Waals surface area contributed by atoms with Crippen LogP contribution in [-0.4, -0.2) is 15.9 Å². The lowest BCUT2D eigenvalue weighted by atomic mass is 10.1. The van der Waals surface area contributed by atoms with Crippen molar-refractivity contribution in [3.05, 3.63) is 59.9 Å². The van der Waals surface area contributed by atoms with Gasteiger partial charge in [-0.3, -0.25) is 4.79 Å². The molecule has 100 valence electrons. The second-order valence-electron chi connectivity index (χ2n) is 4.59. The molecule has 0 saturated heterocycles. The first-order chi connectivity index (χ1) is 9.78. The lowest BCUT2D eigenvalue weighted by molar-refractivity contribution is 0.102. The molecule has 4 heteroatoms. The summed E-state index contributed by atoms with van der Waals surface area (Å²) in [5.74, 6) is -0.149. The van der Waals surface area contributed by atoms with Crippen LogP contribution >= 0.6 is 0 Å². The number of nitrogens with one attached hydrogen (secondary N) is 2. The van der Waals surface area contributed by atoms with E-state index in [4.69, 9.17) is 0 Å². The number of nitrogens with zero attached hydrogens (tertiary/aromatic N) is 1. The second-order valence-corrected chi connectivity index (χ2v) is 4.59. The van der Waals surface area contributed by atoms with Crippen LogP contribution in [-0.2, 0) is 6.42 Å². The average molecular weight is 265 g/mol. The molecule has 4 nitrogen and oxygen atoms in total. The van der Waals surface area contributed by atoms with Crippen molar-refractivity contribution in [3.63, 3.8) is 0 Å². The third kappa shape index (κ3) is 2.28. The third-order valence-corrected chi connectivity index (χ3v) is 3.28. The van der Waals surface area contributed by atoms with Crippen LogP contribution in [0.3, 0.4) is 0 Å².